The maximum absolute atomic E-state index is 5.18. The smallest absolute Gasteiger partial charge is 0.191 e. The van der Waals surface area contributed by atoms with Crippen LogP contribution in [0.1, 0.15) is 64.7 Å². The van der Waals surface area contributed by atoms with Crippen LogP contribution in [0.15, 0.2) is 4.99 Å². The Hall–Kier alpha value is -0.0800. The summed E-state index contributed by atoms with van der Waals surface area (Å²) in [6.45, 7) is 8.23. The van der Waals surface area contributed by atoms with E-state index in [9.17, 15) is 0 Å². The van der Waals surface area contributed by atoms with Gasteiger partial charge in [-0.15, -0.1) is 24.0 Å². The summed E-state index contributed by atoms with van der Waals surface area (Å²) >= 11 is 0. The van der Waals surface area contributed by atoms with E-state index in [1.165, 1.54) is 57.8 Å². The molecule has 26 heavy (non-hydrogen) atoms. The molecule has 1 aliphatic heterocycles. The molecule has 154 valence electrons. The minimum absolute atomic E-state index is 0. The van der Waals surface area contributed by atoms with Crippen molar-refractivity contribution in [3.63, 3.8) is 0 Å². The topological polar surface area (TPSA) is 48.9 Å². The monoisotopic (exact) mass is 480 g/mol. The second-order valence-electron chi connectivity index (χ2n) is 7.66. The molecule has 2 rings (SSSR count). The number of ether oxygens (including phenoxy) is 1. The Labute approximate surface area is 178 Å². The minimum atomic E-state index is 0. The van der Waals surface area contributed by atoms with E-state index in [2.05, 4.69) is 22.5 Å². The molecule has 0 unspecified atom stereocenters. The van der Waals surface area contributed by atoms with Crippen molar-refractivity contribution >= 4 is 29.9 Å². The van der Waals surface area contributed by atoms with Gasteiger partial charge in [0.15, 0.2) is 5.96 Å². The van der Waals surface area contributed by atoms with Crippen LogP contribution in [0.5, 0.6) is 0 Å². The van der Waals surface area contributed by atoms with Gasteiger partial charge in [0.2, 0.25) is 0 Å². The third-order valence-corrected chi connectivity index (χ3v) is 5.65. The normalized spacial score (nSPS) is 20.2. The highest BCUT2D eigenvalue weighted by Crippen LogP contribution is 2.28. The van der Waals surface area contributed by atoms with Crippen LogP contribution in [-0.4, -0.2) is 63.3 Å². The first-order valence-electron chi connectivity index (χ1n) is 10.6. The van der Waals surface area contributed by atoms with Crippen molar-refractivity contribution in [2.75, 3.05) is 46.4 Å². The summed E-state index contributed by atoms with van der Waals surface area (Å²) in [7, 11) is 1.78. The van der Waals surface area contributed by atoms with Crippen LogP contribution in [0.2, 0.25) is 0 Å². The van der Waals surface area contributed by atoms with Crippen LogP contribution in [0.4, 0.5) is 0 Å². The fourth-order valence-corrected chi connectivity index (χ4v) is 4.07. The molecule has 6 heteroatoms. The third-order valence-electron chi connectivity index (χ3n) is 5.65. The molecule has 0 radical (unpaired) electrons. The van der Waals surface area contributed by atoms with Crippen molar-refractivity contribution in [2.45, 2.75) is 70.8 Å². The standard InChI is InChI=1S/C20H40N4O.HI/c1-3-21-20(22-13-7-6-10-18-8-4-5-9-18)23-19-11-14-24(15-12-19)16-17-25-2;/h18-19H,3-17H2,1-2H3,(H2,21,22,23);1H. The van der Waals surface area contributed by atoms with Gasteiger partial charge in [0.1, 0.15) is 0 Å². The molecule has 0 bridgehead atoms. The molecule has 2 fully saturated rings. The lowest BCUT2D eigenvalue weighted by atomic mass is 10.0. The first-order chi connectivity index (χ1) is 12.3. The summed E-state index contributed by atoms with van der Waals surface area (Å²) in [5.41, 5.74) is 0. The Kier molecular flexibility index (Phi) is 13.7. The summed E-state index contributed by atoms with van der Waals surface area (Å²) in [5.74, 6) is 2.03. The van der Waals surface area contributed by atoms with Gasteiger partial charge in [-0.2, -0.15) is 0 Å². The SMILES string of the molecule is CCNC(=NCCCCC1CCCC1)NC1CCN(CCOC)CC1.I. The van der Waals surface area contributed by atoms with Crippen molar-refractivity contribution in [1.29, 1.82) is 0 Å². The van der Waals surface area contributed by atoms with Crippen LogP contribution in [0.25, 0.3) is 0 Å². The van der Waals surface area contributed by atoms with Gasteiger partial charge in [-0.1, -0.05) is 38.5 Å². The molecule has 0 aromatic rings. The van der Waals surface area contributed by atoms with Crippen molar-refractivity contribution < 1.29 is 4.74 Å². The fraction of sp³-hybridized carbons (Fsp3) is 0.950. The molecule has 0 amide bonds. The number of piperidine rings is 1. The number of methoxy groups -OCH3 is 1. The number of nitrogens with one attached hydrogen (secondary N) is 2. The van der Waals surface area contributed by atoms with Gasteiger partial charge < -0.3 is 20.3 Å². The van der Waals surface area contributed by atoms with Gasteiger partial charge in [-0.3, -0.25) is 4.99 Å². The Morgan fingerprint density at radius 2 is 1.85 bits per heavy atom. The first kappa shape index (κ1) is 24.0. The highest BCUT2D eigenvalue weighted by molar-refractivity contribution is 14.0. The van der Waals surface area contributed by atoms with Crippen molar-refractivity contribution in [3.05, 3.63) is 0 Å². The summed E-state index contributed by atoms with van der Waals surface area (Å²) in [6, 6.07) is 0.551. The van der Waals surface area contributed by atoms with Gasteiger partial charge in [-0.25, -0.2) is 0 Å². The second kappa shape index (κ2) is 14.9. The average Bonchev–Trinajstić information content (AvgIpc) is 3.14. The Morgan fingerprint density at radius 1 is 1.12 bits per heavy atom. The summed E-state index contributed by atoms with van der Waals surface area (Å²) in [6.07, 6.45) is 12.2. The maximum Gasteiger partial charge on any atom is 0.191 e. The van der Waals surface area contributed by atoms with E-state index in [1.54, 1.807) is 7.11 Å². The molecule has 0 aromatic carbocycles. The van der Waals surface area contributed by atoms with E-state index >= 15 is 0 Å². The number of hydrogen-bond acceptors (Lipinski definition) is 3. The zero-order valence-corrected chi connectivity index (χ0v) is 19.3. The third kappa shape index (κ3) is 9.74. The number of nitrogens with zero attached hydrogens (tertiary/aromatic N) is 2. The van der Waals surface area contributed by atoms with Crippen LogP contribution < -0.4 is 10.6 Å². The second-order valence-corrected chi connectivity index (χ2v) is 7.66. The summed E-state index contributed by atoms with van der Waals surface area (Å²) in [5, 5.41) is 7.06. The van der Waals surface area contributed by atoms with Crippen LogP contribution in [-0.2, 0) is 4.74 Å². The lowest BCUT2D eigenvalue weighted by molar-refractivity contribution is 0.128. The Balaban J connectivity index is 0.00000338. The van der Waals surface area contributed by atoms with E-state index in [0.29, 0.717) is 6.04 Å². The molecule has 0 atom stereocenters. The largest absolute Gasteiger partial charge is 0.383 e. The zero-order valence-electron chi connectivity index (χ0n) is 17.0. The molecule has 5 nitrogen and oxygen atoms in total. The van der Waals surface area contributed by atoms with E-state index in [0.717, 1.165) is 51.2 Å². The average molecular weight is 480 g/mol. The molecule has 1 saturated heterocycles. The van der Waals surface area contributed by atoms with Crippen LogP contribution in [0.3, 0.4) is 0 Å². The van der Waals surface area contributed by atoms with Crippen molar-refractivity contribution in [2.24, 2.45) is 10.9 Å². The predicted molar refractivity (Wildman–Crippen MR) is 122 cm³/mol. The van der Waals surface area contributed by atoms with Gasteiger partial charge in [-0.05, 0) is 32.1 Å². The molecule has 0 spiro atoms. The fourth-order valence-electron chi connectivity index (χ4n) is 4.07. The lowest BCUT2D eigenvalue weighted by Crippen LogP contribution is -2.49. The number of rotatable bonds is 10. The summed E-state index contributed by atoms with van der Waals surface area (Å²) in [4.78, 5) is 7.30. The van der Waals surface area contributed by atoms with Crippen molar-refractivity contribution in [3.8, 4) is 0 Å². The van der Waals surface area contributed by atoms with Crippen LogP contribution in [0, 0.1) is 5.92 Å². The molecular weight excluding hydrogens is 439 g/mol. The van der Waals surface area contributed by atoms with E-state index < -0.39 is 0 Å². The van der Waals surface area contributed by atoms with Gasteiger partial charge in [0.25, 0.3) is 0 Å². The molecule has 0 aromatic heterocycles. The highest BCUT2D eigenvalue weighted by atomic mass is 127. The Bertz CT molecular complexity index is 367. The number of likely N-dealkylation sites (tertiary alicyclic amines) is 1. The van der Waals surface area contributed by atoms with E-state index in [-0.39, 0.29) is 24.0 Å². The molecule has 2 aliphatic rings. The highest BCUT2D eigenvalue weighted by Gasteiger charge is 2.19. The molecular formula is C20H41IN4O. The van der Waals surface area contributed by atoms with Gasteiger partial charge in [0, 0.05) is 45.9 Å². The van der Waals surface area contributed by atoms with E-state index in [4.69, 9.17) is 9.73 Å². The van der Waals surface area contributed by atoms with Crippen molar-refractivity contribution in [1.82, 2.24) is 15.5 Å². The molecule has 1 aliphatic carbocycles. The lowest BCUT2D eigenvalue weighted by Gasteiger charge is -2.32. The Morgan fingerprint density at radius 3 is 2.50 bits per heavy atom. The zero-order chi connectivity index (χ0) is 17.7. The summed E-state index contributed by atoms with van der Waals surface area (Å²) < 4.78 is 5.18. The molecule has 2 N–H and O–H groups in total. The number of aliphatic imine (C=N–C) groups is 1. The quantitative estimate of drug-likeness (QED) is 0.217. The number of hydrogen-bond donors (Lipinski definition) is 2. The predicted octanol–water partition coefficient (Wildman–Crippen LogP) is 3.63. The maximum atomic E-state index is 5.18. The van der Waals surface area contributed by atoms with Gasteiger partial charge in [0.05, 0.1) is 6.61 Å². The molecule has 1 saturated carbocycles. The number of unbranched alkanes of at least 4 members (excludes halogenated alkanes) is 1. The van der Waals surface area contributed by atoms with Gasteiger partial charge >= 0.3 is 0 Å². The minimum Gasteiger partial charge on any atom is -0.383 e. The van der Waals surface area contributed by atoms with Crippen LogP contribution >= 0.6 is 24.0 Å². The first-order valence-corrected chi connectivity index (χ1v) is 10.6. The number of guanidine groups is 1. The molecule has 1 heterocycles. The van der Waals surface area contributed by atoms with E-state index in [1.807, 2.05) is 0 Å². The number of halogens is 1.